The third-order valence-corrected chi connectivity index (χ3v) is 3.25. The molecule has 2 aromatic rings. The summed E-state index contributed by atoms with van der Waals surface area (Å²) in [7, 11) is 0. The van der Waals surface area contributed by atoms with Gasteiger partial charge in [-0.3, -0.25) is 4.98 Å². The lowest BCUT2D eigenvalue weighted by atomic mass is 9.86. The summed E-state index contributed by atoms with van der Waals surface area (Å²) in [5.41, 5.74) is 8.03. The van der Waals surface area contributed by atoms with Crippen LogP contribution in [0, 0.1) is 0 Å². The zero-order valence-electron chi connectivity index (χ0n) is 9.02. The van der Waals surface area contributed by atoms with Gasteiger partial charge < -0.3 is 5.73 Å². The third-order valence-electron chi connectivity index (χ3n) is 2.72. The number of hydrogen-bond donors (Lipinski definition) is 1. The van der Waals surface area contributed by atoms with Gasteiger partial charge in [0.25, 0.3) is 0 Å². The van der Waals surface area contributed by atoms with Crippen molar-refractivity contribution in [3.05, 3.63) is 64.4 Å². The largest absolute Gasteiger partial charge is 0.318 e. The van der Waals surface area contributed by atoms with Gasteiger partial charge in [-0.25, -0.2) is 0 Å². The Labute approximate surface area is 104 Å². The standard InChI is InChI=1S/C13H13BrN2/c1-13(15,11-6-8-16-9-7-11)10-2-4-12(14)5-3-10/h2-9H,15H2,1H3. The maximum absolute atomic E-state index is 6.37. The van der Waals surface area contributed by atoms with Crippen LogP contribution in [-0.4, -0.2) is 4.98 Å². The van der Waals surface area contributed by atoms with E-state index in [2.05, 4.69) is 20.9 Å². The summed E-state index contributed by atoms with van der Waals surface area (Å²) in [6.07, 6.45) is 3.53. The second kappa shape index (κ2) is 4.36. The molecule has 82 valence electrons. The minimum Gasteiger partial charge on any atom is -0.318 e. The lowest BCUT2D eigenvalue weighted by Gasteiger charge is -2.25. The van der Waals surface area contributed by atoms with E-state index >= 15 is 0 Å². The van der Waals surface area contributed by atoms with Gasteiger partial charge in [-0.05, 0) is 42.3 Å². The normalized spacial score (nSPS) is 14.4. The molecule has 1 aromatic carbocycles. The fraction of sp³-hybridized carbons (Fsp3) is 0.154. The molecule has 0 fully saturated rings. The number of rotatable bonds is 2. The van der Waals surface area contributed by atoms with Crippen molar-refractivity contribution in [2.45, 2.75) is 12.5 Å². The summed E-state index contributed by atoms with van der Waals surface area (Å²) >= 11 is 3.42. The van der Waals surface area contributed by atoms with E-state index in [-0.39, 0.29) is 0 Å². The van der Waals surface area contributed by atoms with E-state index in [0.717, 1.165) is 15.6 Å². The molecule has 0 amide bonds. The monoisotopic (exact) mass is 276 g/mol. The van der Waals surface area contributed by atoms with Crippen LogP contribution in [0.2, 0.25) is 0 Å². The van der Waals surface area contributed by atoms with Crippen molar-refractivity contribution in [1.29, 1.82) is 0 Å². The molecule has 1 unspecified atom stereocenters. The number of hydrogen-bond acceptors (Lipinski definition) is 2. The Morgan fingerprint density at radius 2 is 1.50 bits per heavy atom. The summed E-state index contributed by atoms with van der Waals surface area (Å²) in [6.45, 7) is 2.01. The zero-order chi connectivity index (χ0) is 11.6. The SMILES string of the molecule is CC(N)(c1ccncc1)c1ccc(Br)cc1. The highest BCUT2D eigenvalue weighted by molar-refractivity contribution is 9.10. The van der Waals surface area contributed by atoms with E-state index in [1.165, 1.54) is 0 Å². The van der Waals surface area contributed by atoms with Crippen LogP contribution in [0.3, 0.4) is 0 Å². The number of pyridine rings is 1. The van der Waals surface area contributed by atoms with Crippen LogP contribution in [-0.2, 0) is 5.54 Å². The van der Waals surface area contributed by atoms with Gasteiger partial charge in [0.1, 0.15) is 0 Å². The summed E-state index contributed by atoms with van der Waals surface area (Å²) in [6, 6.07) is 12.0. The molecule has 2 N–H and O–H groups in total. The molecule has 2 nitrogen and oxygen atoms in total. The van der Waals surface area contributed by atoms with Gasteiger partial charge in [0.2, 0.25) is 0 Å². The van der Waals surface area contributed by atoms with Crippen molar-refractivity contribution in [3.8, 4) is 0 Å². The highest BCUT2D eigenvalue weighted by atomic mass is 79.9. The van der Waals surface area contributed by atoms with Crippen molar-refractivity contribution in [3.63, 3.8) is 0 Å². The van der Waals surface area contributed by atoms with Gasteiger partial charge in [-0.15, -0.1) is 0 Å². The first-order valence-corrected chi connectivity index (χ1v) is 5.85. The summed E-state index contributed by atoms with van der Waals surface area (Å²) in [5.74, 6) is 0. The lowest BCUT2D eigenvalue weighted by Crippen LogP contribution is -2.34. The molecule has 0 spiro atoms. The van der Waals surface area contributed by atoms with E-state index in [9.17, 15) is 0 Å². The molecule has 3 heteroatoms. The zero-order valence-corrected chi connectivity index (χ0v) is 10.6. The van der Waals surface area contributed by atoms with Gasteiger partial charge in [-0.1, -0.05) is 28.1 Å². The average molecular weight is 277 g/mol. The Bertz CT molecular complexity index is 463. The van der Waals surface area contributed by atoms with Gasteiger partial charge in [0.05, 0.1) is 5.54 Å². The number of nitrogens with zero attached hydrogens (tertiary/aromatic N) is 1. The first kappa shape index (κ1) is 11.3. The minimum absolute atomic E-state index is 0.482. The maximum atomic E-state index is 6.37. The molecule has 0 aliphatic rings. The molecule has 1 atom stereocenters. The number of aromatic nitrogens is 1. The molecule has 1 heterocycles. The van der Waals surface area contributed by atoms with Crippen LogP contribution in [0.1, 0.15) is 18.1 Å². The van der Waals surface area contributed by atoms with Crippen molar-refractivity contribution in [1.82, 2.24) is 4.98 Å². The molecule has 1 aromatic heterocycles. The Hall–Kier alpha value is -1.19. The second-order valence-corrected chi connectivity index (χ2v) is 4.86. The Kier molecular flexibility index (Phi) is 3.08. The van der Waals surface area contributed by atoms with E-state index in [1.54, 1.807) is 12.4 Å². The molecule has 0 saturated carbocycles. The maximum Gasteiger partial charge on any atom is 0.0638 e. The van der Waals surface area contributed by atoms with E-state index in [4.69, 9.17) is 5.73 Å². The molecule has 0 bridgehead atoms. The Morgan fingerprint density at radius 1 is 1.00 bits per heavy atom. The van der Waals surface area contributed by atoms with Crippen LogP contribution in [0.5, 0.6) is 0 Å². The predicted molar refractivity (Wildman–Crippen MR) is 69.0 cm³/mol. The van der Waals surface area contributed by atoms with E-state index in [0.29, 0.717) is 0 Å². The topological polar surface area (TPSA) is 38.9 Å². The summed E-state index contributed by atoms with van der Waals surface area (Å²) < 4.78 is 1.06. The lowest BCUT2D eigenvalue weighted by molar-refractivity contribution is 0.602. The quantitative estimate of drug-likeness (QED) is 0.916. The van der Waals surface area contributed by atoms with Crippen molar-refractivity contribution < 1.29 is 0 Å². The highest BCUT2D eigenvalue weighted by Crippen LogP contribution is 2.26. The van der Waals surface area contributed by atoms with Crippen LogP contribution < -0.4 is 5.73 Å². The van der Waals surface area contributed by atoms with Crippen molar-refractivity contribution >= 4 is 15.9 Å². The molecule has 0 aliphatic heterocycles. The van der Waals surface area contributed by atoms with Crippen LogP contribution >= 0.6 is 15.9 Å². The fourth-order valence-corrected chi connectivity index (χ4v) is 1.93. The van der Waals surface area contributed by atoms with E-state index < -0.39 is 5.54 Å². The van der Waals surface area contributed by atoms with Gasteiger partial charge >= 0.3 is 0 Å². The Morgan fingerprint density at radius 3 is 2.06 bits per heavy atom. The molecule has 2 rings (SSSR count). The highest BCUT2D eigenvalue weighted by Gasteiger charge is 2.23. The molecule has 0 radical (unpaired) electrons. The molecule has 0 saturated heterocycles. The number of benzene rings is 1. The fourth-order valence-electron chi connectivity index (χ4n) is 1.66. The average Bonchev–Trinajstić information content (AvgIpc) is 2.31. The smallest absolute Gasteiger partial charge is 0.0638 e. The van der Waals surface area contributed by atoms with Gasteiger partial charge in [0, 0.05) is 16.9 Å². The Balaban J connectivity index is 2.43. The van der Waals surface area contributed by atoms with Crippen LogP contribution in [0.4, 0.5) is 0 Å². The molecular weight excluding hydrogens is 264 g/mol. The van der Waals surface area contributed by atoms with Crippen molar-refractivity contribution in [2.75, 3.05) is 0 Å². The first-order valence-electron chi connectivity index (χ1n) is 5.06. The number of nitrogens with two attached hydrogens (primary N) is 1. The van der Waals surface area contributed by atoms with Gasteiger partial charge in [-0.2, -0.15) is 0 Å². The predicted octanol–water partition coefficient (Wildman–Crippen LogP) is 3.07. The third kappa shape index (κ3) is 2.15. The van der Waals surface area contributed by atoms with Crippen LogP contribution in [0.15, 0.2) is 53.3 Å². The molecule has 16 heavy (non-hydrogen) atoms. The second-order valence-electron chi connectivity index (χ2n) is 3.95. The van der Waals surface area contributed by atoms with E-state index in [1.807, 2.05) is 43.3 Å². The first-order chi connectivity index (χ1) is 7.60. The minimum atomic E-state index is -0.482. The molecular formula is C13H13BrN2. The summed E-state index contributed by atoms with van der Waals surface area (Å²) in [4.78, 5) is 4.00. The van der Waals surface area contributed by atoms with Crippen LogP contribution in [0.25, 0.3) is 0 Å². The molecule has 0 aliphatic carbocycles. The number of halogens is 1. The van der Waals surface area contributed by atoms with Gasteiger partial charge in [0.15, 0.2) is 0 Å². The summed E-state index contributed by atoms with van der Waals surface area (Å²) in [5, 5.41) is 0. The van der Waals surface area contributed by atoms with Crippen molar-refractivity contribution in [2.24, 2.45) is 5.73 Å².